The number of benzene rings is 1. The Morgan fingerprint density at radius 1 is 1.38 bits per heavy atom. The molecule has 1 aliphatic carbocycles. The second kappa shape index (κ2) is 6.91. The van der Waals surface area contributed by atoms with E-state index in [4.69, 9.17) is 16.7 Å². The van der Waals surface area contributed by atoms with Crippen LogP contribution in [0.3, 0.4) is 0 Å². The first-order chi connectivity index (χ1) is 9.94. The number of aliphatic carboxylic acids is 1. The topological polar surface area (TPSA) is 69.6 Å². The number of halogens is 1. The lowest BCUT2D eigenvalue weighted by molar-refractivity contribution is -0.138. The fourth-order valence-electron chi connectivity index (χ4n) is 2.12. The molecule has 2 N–H and O–H groups in total. The molecule has 1 amide bonds. The van der Waals surface area contributed by atoms with Gasteiger partial charge in [0, 0.05) is 17.3 Å². The minimum absolute atomic E-state index is 0.0777. The van der Waals surface area contributed by atoms with Crippen molar-refractivity contribution in [3.63, 3.8) is 0 Å². The van der Waals surface area contributed by atoms with Gasteiger partial charge in [0.05, 0.1) is 13.1 Å². The molecule has 0 unspecified atom stereocenters. The lowest BCUT2D eigenvalue weighted by Crippen LogP contribution is -2.38. The van der Waals surface area contributed by atoms with Gasteiger partial charge in [-0.2, -0.15) is 0 Å². The number of hydrogen-bond acceptors (Lipinski definition) is 3. The van der Waals surface area contributed by atoms with Gasteiger partial charge < -0.3 is 10.4 Å². The van der Waals surface area contributed by atoms with E-state index in [-0.39, 0.29) is 19.0 Å². The first kappa shape index (κ1) is 15.8. The van der Waals surface area contributed by atoms with Gasteiger partial charge in [0.25, 0.3) is 0 Å². The Hall–Kier alpha value is -1.59. The smallest absolute Gasteiger partial charge is 0.317 e. The van der Waals surface area contributed by atoms with Crippen LogP contribution in [0.4, 0.5) is 5.69 Å². The highest BCUT2D eigenvalue weighted by Gasteiger charge is 2.26. The van der Waals surface area contributed by atoms with Gasteiger partial charge in [-0.3, -0.25) is 14.5 Å². The lowest BCUT2D eigenvalue weighted by Gasteiger charge is -2.19. The molecule has 0 atom stereocenters. The number of nitrogens with zero attached hydrogens (tertiary/aromatic N) is 1. The fourth-order valence-corrected chi connectivity index (χ4v) is 2.30. The molecule has 1 fully saturated rings. The Morgan fingerprint density at radius 2 is 2.10 bits per heavy atom. The molecule has 1 aromatic rings. The minimum Gasteiger partial charge on any atom is -0.480 e. The summed E-state index contributed by atoms with van der Waals surface area (Å²) in [6.07, 6.45) is 2.23. The Morgan fingerprint density at radius 3 is 2.67 bits per heavy atom. The molecule has 0 bridgehead atoms. The fraction of sp³-hybridized carbons (Fsp3) is 0.467. The number of anilines is 1. The van der Waals surface area contributed by atoms with E-state index in [1.165, 1.54) is 0 Å². The summed E-state index contributed by atoms with van der Waals surface area (Å²) in [6, 6.07) is 5.30. The van der Waals surface area contributed by atoms with Gasteiger partial charge >= 0.3 is 5.97 Å². The number of aryl methyl sites for hydroxylation is 1. The number of carbonyl (C=O) groups is 2. The molecule has 0 heterocycles. The molecular weight excluding hydrogens is 292 g/mol. The second-order valence-corrected chi connectivity index (χ2v) is 5.93. The monoisotopic (exact) mass is 310 g/mol. The summed E-state index contributed by atoms with van der Waals surface area (Å²) >= 11 is 6.01. The Balaban J connectivity index is 1.90. The molecule has 0 aromatic heterocycles. The second-order valence-electron chi connectivity index (χ2n) is 5.52. The number of hydrogen-bond donors (Lipinski definition) is 2. The molecule has 0 spiro atoms. The predicted octanol–water partition coefficient (Wildman–Crippen LogP) is 2.38. The van der Waals surface area contributed by atoms with E-state index in [0.29, 0.717) is 23.2 Å². The highest BCUT2D eigenvalue weighted by atomic mass is 35.5. The summed E-state index contributed by atoms with van der Waals surface area (Å²) in [5.74, 6) is -0.607. The zero-order valence-electron chi connectivity index (χ0n) is 11.9. The molecule has 114 valence electrons. The van der Waals surface area contributed by atoms with Crippen LogP contribution in [-0.2, 0) is 9.59 Å². The van der Waals surface area contributed by atoms with Crippen LogP contribution in [0.25, 0.3) is 0 Å². The van der Waals surface area contributed by atoms with E-state index in [1.54, 1.807) is 17.0 Å². The summed E-state index contributed by atoms with van der Waals surface area (Å²) in [6.45, 7) is 2.51. The van der Waals surface area contributed by atoms with E-state index < -0.39 is 5.97 Å². The molecule has 5 nitrogen and oxygen atoms in total. The maximum Gasteiger partial charge on any atom is 0.317 e. The maximum atomic E-state index is 12.0. The molecule has 1 aromatic carbocycles. The van der Waals surface area contributed by atoms with Gasteiger partial charge in [-0.25, -0.2) is 0 Å². The summed E-state index contributed by atoms with van der Waals surface area (Å²) in [5, 5.41) is 12.2. The van der Waals surface area contributed by atoms with E-state index >= 15 is 0 Å². The number of carboxylic acid groups (broad SMARTS) is 1. The van der Waals surface area contributed by atoms with Crippen LogP contribution >= 0.6 is 11.6 Å². The lowest BCUT2D eigenvalue weighted by atomic mass is 10.2. The molecule has 0 radical (unpaired) electrons. The third-order valence-corrected chi connectivity index (χ3v) is 3.80. The van der Waals surface area contributed by atoms with E-state index in [1.807, 2.05) is 13.0 Å². The van der Waals surface area contributed by atoms with Crippen LogP contribution in [0, 0.1) is 12.8 Å². The van der Waals surface area contributed by atoms with Crippen LogP contribution in [-0.4, -0.2) is 41.5 Å². The van der Waals surface area contributed by atoms with Crippen LogP contribution in [0.15, 0.2) is 18.2 Å². The van der Waals surface area contributed by atoms with Crippen molar-refractivity contribution in [1.29, 1.82) is 0 Å². The molecule has 21 heavy (non-hydrogen) atoms. The Labute approximate surface area is 128 Å². The standard InChI is InChI=1S/C15H19ClN2O3/c1-10-2-5-12(6-13(10)16)17-14(19)8-18(9-15(20)21)7-11-3-4-11/h2,5-6,11H,3-4,7-9H2,1H3,(H,17,19)(H,20,21). The van der Waals surface area contributed by atoms with Gasteiger partial charge in [-0.05, 0) is 43.4 Å². The third-order valence-electron chi connectivity index (χ3n) is 3.39. The summed E-state index contributed by atoms with van der Waals surface area (Å²) in [7, 11) is 0. The van der Waals surface area contributed by atoms with Crippen molar-refractivity contribution in [2.45, 2.75) is 19.8 Å². The first-order valence-electron chi connectivity index (χ1n) is 6.94. The van der Waals surface area contributed by atoms with Crippen molar-refractivity contribution in [1.82, 2.24) is 4.90 Å². The van der Waals surface area contributed by atoms with Crippen molar-refractivity contribution >= 4 is 29.2 Å². The normalized spacial score (nSPS) is 14.2. The molecular formula is C15H19ClN2O3. The van der Waals surface area contributed by atoms with Gasteiger partial charge in [0.15, 0.2) is 0 Å². The maximum absolute atomic E-state index is 12.0. The SMILES string of the molecule is Cc1ccc(NC(=O)CN(CC(=O)O)CC2CC2)cc1Cl. The van der Waals surface area contributed by atoms with Crippen molar-refractivity contribution in [3.05, 3.63) is 28.8 Å². The van der Waals surface area contributed by atoms with Crippen LogP contribution in [0.1, 0.15) is 18.4 Å². The zero-order chi connectivity index (χ0) is 15.4. The van der Waals surface area contributed by atoms with Crippen molar-refractivity contribution < 1.29 is 14.7 Å². The quantitative estimate of drug-likeness (QED) is 0.811. The van der Waals surface area contributed by atoms with E-state index in [2.05, 4.69) is 5.32 Å². The highest BCUT2D eigenvalue weighted by Crippen LogP contribution is 2.29. The zero-order valence-corrected chi connectivity index (χ0v) is 12.7. The first-order valence-corrected chi connectivity index (χ1v) is 7.32. The Kier molecular flexibility index (Phi) is 5.20. The van der Waals surface area contributed by atoms with Crippen LogP contribution in [0.2, 0.25) is 5.02 Å². The van der Waals surface area contributed by atoms with Gasteiger partial charge in [-0.15, -0.1) is 0 Å². The summed E-state index contributed by atoms with van der Waals surface area (Å²) in [5.41, 5.74) is 1.56. The molecule has 0 aliphatic heterocycles. The van der Waals surface area contributed by atoms with Crippen molar-refractivity contribution in [3.8, 4) is 0 Å². The predicted molar refractivity (Wildman–Crippen MR) is 81.6 cm³/mol. The number of nitrogens with one attached hydrogen (secondary N) is 1. The largest absolute Gasteiger partial charge is 0.480 e. The molecule has 6 heteroatoms. The van der Waals surface area contributed by atoms with E-state index in [0.717, 1.165) is 18.4 Å². The summed E-state index contributed by atoms with van der Waals surface area (Å²) in [4.78, 5) is 24.5. The average molecular weight is 311 g/mol. The van der Waals surface area contributed by atoms with Crippen molar-refractivity contribution in [2.24, 2.45) is 5.92 Å². The van der Waals surface area contributed by atoms with Gasteiger partial charge in [-0.1, -0.05) is 17.7 Å². The number of rotatable bonds is 7. The molecule has 2 rings (SSSR count). The van der Waals surface area contributed by atoms with Gasteiger partial charge in [0.2, 0.25) is 5.91 Å². The van der Waals surface area contributed by atoms with E-state index in [9.17, 15) is 9.59 Å². The third kappa shape index (κ3) is 5.36. The minimum atomic E-state index is -0.915. The summed E-state index contributed by atoms with van der Waals surface area (Å²) < 4.78 is 0. The Bertz CT molecular complexity index is 544. The number of amides is 1. The van der Waals surface area contributed by atoms with Gasteiger partial charge in [0.1, 0.15) is 0 Å². The van der Waals surface area contributed by atoms with Crippen molar-refractivity contribution in [2.75, 3.05) is 25.0 Å². The molecule has 1 aliphatic rings. The average Bonchev–Trinajstić information content (AvgIpc) is 3.16. The number of carbonyl (C=O) groups excluding carboxylic acids is 1. The molecule has 1 saturated carbocycles. The highest BCUT2D eigenvalue weighted by molar-refractivity contribution is 6.31. The van der Waals surface area contributed by atoms with Crippen LogP contribution in [0.5, 0.6) is 0 Å². The molecule has 0 saturated heterocycles. The number of carboxylic acids is 1. The van der Waals surface area contributed by atoms with Crippen LogP contribution < -0.4 is 5.32 Å².